The van der Waals surface area contributed by atoms with Crippen LogP contribution in [-0.2, 0) is 5.16 Å². The van der Waals surface area contributed by atoms with Gasteiger partial charge in [-0.1, -0.05) is 76.0 Å². The molecule has 3 aromatic rings. The van der Waals surface area contributed by atoms with Crippen LogP contribution in [0.5, 0.6) is 5.75 Å². The second kappa shape index (κ2) is 9.58. The van der Waals surface area contributed by atoms with Crippen LogP contribution in [0.1, 0.15) is 54.5 Å². The Morgan fingerprint density at radius 1 is 0.900 bits per heavy atom. The number of aliphatic imine (C=N–C) groups is 1. The lowest BCUT2D eigenvalue weighted by molar-refractivity contribution is 0.444. The molecule has 0 saturated heterocycles. The molecule has 30 heavy (non-hydrogen) atoms. The molecule has 0 bridgehead atoms. The highest BCUT2D eigenvalue weighted by Crippen LogP contribution is 2.51. The maximum absolute atomic E-state index is 10.9. The SMILES string of the molecule is CCC(CC)(Pc1ccc(C)cc1C=Nc1ccccc1)c1cc(C)cc(C)c1O. The molecule has 1 unspecified atom stereocenters. The van der Waals surface area contributed by atoms with Crippen molar-refractivity contribution in [3.63, 3.8) is 0 Å². The van der Waals surface area contributed by atoms with E-state index in [2.05, 4.69) is 58.0 Å². The van der Waals surface area contributed by atoms with Gasteiger partial charge in [0.25, 0.3) is 0 Å². The van der Waals surface area contributed by atoms with Gasteiger partial charge in [-0.3, -0.25) is 4.99 Å². The van der Waals surface area contributed by atoms with Gasteiger partial charge in [0.2, 0.25) is 0 Å². The summed E-state index contributed by atoms with van der Waals surface area (Å²) >= 11 is 0. The van der Waals surface area contributed by atoms with Crippen LogP contribution >= 0.6 is 8.58 Å². The van der Waals surface area contributed by atoms with Gasteiger partial charge in [0.05, 0.1) is 5.69 Å². The van der Waals surface area contributed by atoms with Gasteiger partial charge < -0.3 is 5.11 Å². The molecule has 0 aliphatic rings. The standard InChI is InChI=1S/C27H32NOP/c1-6-27(7-2,24-17-20(4)15-21(5)26(24)29)30-25-14-13-19(3)16-22(25)18-28-23-11-9-8-10-12-23/h8-18,29-30H,6-7H2,1-5H3. The Labute approximate surface area is 182 Å². The number of phenolic OH excluding ortho intramolecular Hbond substituents is 1. The van der Waals surface area contributed by atoms with E-state index < -0.39 is 0 Å². The van der Waals surface area contributed by atoms with Gasteiger partial charge in [-0.15, -0.1) is 0 Å². The molecule has 0 amide bonds. The summed E-state index contributed by atoms with van der Waals surface area (Å²) in [5.41, 5.74) is 6.58. The number of aryl methyl sites for hydroxylation is 3. The van der Waals surface area contributed by atoms with Crippen LogP contribution in [0.15, 0.2) is 65.7 Å². The minimum atomic E-state index is -0.0918. The zero-order chi connectivity index (χ0) is 21.7. The zero-order valence-corrected chi connectivity index (χ0v) is 19.7. The molecule has 3 heteroatoms. The number of hydrogen-bond donors (Lipinski definition) is 1. The Balaban J connectivity index is 2.06. The van der Waals surface area contributed by atoms with Gasteiger partial charge >= 0.3 is 0 Å². The highest BCUT2D eigenvalue weighted by molar-refractivity contribution is 7.48. The van der Waals surface area contributed by atoms with Crippen molar-refractivity contribution in [3.05, 3.63) is 88.5 Å². The molecule has 0 aliphatic heterocycles. The zero-order valence-electron chi connectivity index (χ0n) is 18.7. The van der Waals surface area contributed by atoms with Gasteiger partial charge in [-0.2, -0.15) is 0 Å². The fourth-order valence-corrected chi connectivity index (χ4v) is 5.66. The number of rotatable bonds is 7. The molecule has 3 rings (SSSR count). The van der Waals surface area contributed by atoms with E-state index in [9.17, 15) is 5.11 Å². The van der Waals surface area contributed by atoms with E-state index >= 15 is 0 Å². The van der Waals surface area contributed by atoms with Crippen LogP contribution in [0.3, 0.4) is 0 Å². The van der Waals surface area contributed by atoms with E-state index in [1.807, 2.05) is 43.5 Å². The van der Waals surface area contributed by atoms with E-state index in [0.29, 0.717) is 14.3 Å². The van der Waals surface area contributed by atoms with Gasteiger partial charge in [-0.05, 0) is 62.7 Å². The summed E-state index contributed by atoms with van der Waals surface area (Å²) in [6.07, 6.45) is 3.94. The molecular weight excluding hydrogens is 385 g/mol. The summed E-state index contributed by atoms with van der Waals surface area (Å²) in [7, 11) is 0.544. The molecule has 3 aromatic carbocycles. The summed E-state index contributed by atoms with van der Waals surface area (Å²) in [4.78, 5) is 4.71. The fraction of sp³-hybridized carbons (Fsp3) is 0.296. The number of aromatic hydroxyl groups is 1. The first-order chi connectivity index (χ1) is 14.4. The van der Waals surface area contributed by atoms with Crippen molar-refractivity contribution >= 4 is 25.8 Å². The second-order valence-corrected chi connectivity index (χ2v) is 9.82. The first-order valence-corrected chi connectivity index (χ1v) is 11.7. The van der Waals surface area contributed by atoms with Gasteiger partial charge in [0, 0.05) is 22.5 Å². The maximum atomic E-state index is 10.9. The summed E-state index contributed by atoms with van der Waals surface area (Å²) in [5, 5.41) is 12.1. The van der Waals surface area contributed by atoms with E-state index in [-0.39, 0.29) is 5.16 Å². The molecule has 0 aliphatic carbocycles. The highest BCUT2D eigenvalue weighted by atomic mass is 31.1. The lowest BCUT2D eigenvalue weighted by atomic mass is 9.89. The van der Waals surface area contributed by atoms with Crippen LogP contribution in [0.2, 0.25) is 0 Å². The van der Waals surface area contributed by atoms with E-state index in [4.69, 9.17) is 4.99 Å². The second-order valence-electron chi connectivity index (χ2n) is 8.08. The average molecular weight is 418 g/mol. The number of hydrogen-bond acceptors (Lipinski definition) is 2. The van der Waals surface area contributed by atoms with Crippen LogP contribution < -0.4 is 5.30 Å². The van der Waals surface area contributed by atoms with Crippen LogP contribution in [0.25, 0.3) is 0 Å². The molecule has 0 heterocycles. The Kier molecular flexibility index (Phi) is 7.10. The Bertz CT molecular complexity index is 1040. The summed E-state index contributed by atoms with van der Waals surface area (Å²) in [6, 6.07) is 20.9. The van der Waals surface area contributed by atoms with Crippen molar-refractivity contribution in [1.82, 2.24) is 0 Å². The number of para-hydroxylation sites is 1. The Hall–Kier alpha value is -2.44. The molecule has 0 radical (unpaired) electrons. The summed E-state index contributed by atoms with van der Waals surface area (Å²) < 4.78 is 0. The molecule has 0 spiro atoms. The van der Waals surface area contributed by atoms with Gasteiger partial charge in [0.15, 0.2) is 0 Å². The normalized spacial score (nSPS) is 12.3. The number of nitrogens with zero attached hydrogens (tertiary/aromatic N) is 1. The molecule has 2 nitrogen and oxygen atoms in total. The minimum Gasteiger partial charge on any atom is -0.507 e. The third-order valence-electron chi connectivity index (χ3n) is 5.86. The van der Waals surface area contributed by atoms with Crippen molar-refractivity contribution in [2.75, 3.05) is 0 Å². The molecule has 1 N–H and O–H groups in total. The van der Waals surface area contributed by atoms with Crippen LogP contribution in [0, 0.1) is 20.8 Å². The lowest BCUT2D eigenvalue weighted by Crippen LogP contribution is -2.23. The maximum Gasteiger partial charge on any atom is 0.122 e. The number of phenols is 1. The molecule has 0 fully saturated rings. The molecule has 156 valence electrons. The van der Waals surface area contributed by atoms with Gasteiger partial charge in [-0.25, -0.2) is 0 Å². The number of benzene rings is 3. The smallest absolute Gasteiger partial charge is 0.122 e. The van der Waals surface area contributed by atoms with Crippen molar-refractivity contribution in [1.29, 1.82) is 0 Å². The monoisotopic (exact) mass is 417 g/mol. The predicted octanol–water partition coefficient (Wildman–Crippen LogP) is 7.09. The summed E-state index contributed by atoms with van der Waals surface area (Å²) in [5.74, 6) is 0.448. The van der Waals surface area contributed by atoms with Crippen molar-refractivity contribution in [3.8, 4) is 5.75 Å². The fourth-order valence-electron chi connectivity index (χ4n) is 4.02. The predicted molar refractivity (Wildman–Crippen MR) is 133 cm³/mol. The quantitative estimate of drug-likeness (QED) is 0.323. The highest BCUT2D eigenvalue weighted by Gasteiger charge is 2.33. The first-order valence-electron chi connectivity index (χ1n) is 10.7. The Morgan fingerprint density at radius 3 is 2.27 bits per heavy atom. The molecule has 0 aromatic heterocycles. The molecular formula is C27H32NOP. The molecule has 1 atom stereocenters. The van der Waals surface area contributed by atoms with Crippen LogP contribution in [0.4, 0.5) is 5.69 Å². The summed E-state index contributed by atoms with van der Waals surface area (Å²) in [6.45, 7) is 10.7. The first kappa shape index (κ1) is 22.2. The molecule has 0 saturated carbocycles. The minimum absolute atomic E-state index is 0.0918. The van der Waals surface area contributed by atoms with Crippen LogP contribution in [-0.4, -0.2) is 11.3 Å². The topological polar surface area (TPSA) is 32.6 Å². The third-order valence-corrected chi connectivity index (χ3v) is 8.04. The van der Waals surface area contributed by atoms with Crippen molar-refractivity contribution in [2.24, 2.45) is 4.99 Å². The van der Waals surface area contributed by atoms with E-state index in [0.717, 1.165) is 35.2 Å². The Morgan fingerprint density at radius 2 is 1.60 bits per heavy atom. The lowest BCUT2D eigenvalue weighted by Gasteiger charge is -2.34. The van der Waals surface area contributed by atoms with E-state index in [1.165, 1.54) is 16.4 Å². The largest absolute Gasteiger partial charge is 0.507 e. The van der Waals surface area contributed by atoms with Crippen molar-refractivity contribution < 1.29 is 5.11 Å². The average Bonchev–Trinajstić information content (AvgIpc) is 2.75. The van der Waals surface area contributed by atoms with Crippen molar-refractivity contribution in [2.45, 2.75) is 52.6 Å². The van der Waals surface area contributed by atoms with E-state index in [1.54, 1.807) is 0 Å². The third kappa shape index (κ3) is 4.82. The van der Waals surface area contributed by atoms with Gasteiger partial charge in [0.1, 0.15) is 5.75 Å².